The van der Waals surface area contributed by atoms with Crippen molar-refractivity contribution in [3.05, 3.63) is 0 Å². The molecule has 0 heterocycles. The zero-order valence-electron chi connectivity index (χ0n) is 16.4. The second-order valence-corrected chi connectivity index (χ2v) is 7.95. The number of carbonyl (C=O) groups is 4. The third kappa shape index (κ3) is 1.80. The zero-order chi connectivity index (χ0) is 20.3. The van der Waals surface area contributed by atoms with Crippen LogP contribution in [0.4, 0.5) is 0 Å². The molecule has 0 aliphatic heterocycles. The lowest BCUT2D eigenvalue weighted by atomic mass is 9.73. The molecule has 146 valence electrons. The number of hydrogen-bond donors (Lipinski definition) is 0. The Bertz CT molecular complexity index is 621. The average Bonchev–Trinajstić information content (AvgIpc) is 3.34. The fourth-order valence-corrected chi connectivity index (χ4v) is 5.58. The van der Waals surface area contributed by atoms with Gasteiger partial charge in [-0.25, -0.2) is 0 Å². The molecule has 2 aliphatic carbocycles. The SMILES string of the molecule is COC(=O)[C@@H]1C(C)(C)[C@@]1(C(=O)OC)[C@@]1(C(=O)OC)[C@H](C(=O)OC)C1(C)C. The van der Waals surface area contributed by atoms with E-state index in [0.717, 1.165) is 0 Å². The summed E-state index contributed by atoms with van der Waals surface area (Å²) in [6.07, 6.45) is 0. The highest BCUT2D eigenvalue weighted by molar-refractivity contribution is 6.05. The van der Waals surface area contributed by atoms with Crippen molar-refractivity contribution in [1.29, 1.82) is 0 Å². The summed E-state index contributed by atoms with van der Waals surface area (Å²) >= 11 is 0. The van der Waals surface area contributed by atoms with E-state index < -0.39 is 57.4 Å². The molecule has 2 rings (SSSR count). The van der Waals surface area contributed by atoms with Crippen molar-refractivity contribution in [3.8, 4) is 0 Å². The van der Waals surface area contributed by atoms with Crippen LogP contribution >= 0.6 is 0 Å². The summed E-state index contributed by atoms with van der Waals surface area (Å²) in [5.74, 6) is -4.70. The monoisotopic (exact) mass is 370 g/mol. The van der Waals surface area contributed by atoms with Crippen molar-refractivity contribution >= 4 is 23.9 Å². The van der Waals surface area contributed by atoms with E-state index in [9.17, 15) is 19.2 Å². The number of hydrogen-bond acceptors (Lipinski definition) is 8. The number of esters is 4. The molecule has 0 bridgehead atoms. The molecule has 0 radical (unpaired) electrons. The highest BCUT2D eigenvalue weighted by atomic mass is 16.5. The van der Waals surface area contributed by atoms with Crippen molar-refractivity contribution < 1.29 is 38.1 Å². The minimum absolute atomic E-state index is 0.644. The molecule has 8 heteroatoms. The largest absolute Gasteiger partial charge is 0.469 e. The first-order valence-electron chi connectivity index (χ1n) is 8.25. The molecule has 0 unspecified atom stereocenters. The molecule has 0 aromatic rings. The molecule has 0 saturated heterocycles. The van der Waals surface area contributed by atoms with Crippen molar-refractivity contribution in [2.75, 3.05) is 28.4 Å². The summed E-state index contributed by atoms with van der Waals surface area (Å²) < 4.78 is 19.8. The van der Waals surface area contributed by atoms with Gasteiger partial charge in [0.2, 0.25) is 0 Å². The lowest BCUT2D eigenvalue weighted by Crippen LogP contribution is -2.44. The smallest absolute Gasteiger partial charge is 0.314 e. The molecular formula is C18H26O8. The molecule has 0 N–H and O–H groups in total. The van der Waals surface area contributed by atoms with E-state index in [1.54, 1.807) is 27.7 Å². The lowest BCUT2D eigenvalue weighted by Gasteiger charge is -2.29. The van der Waals surface area contributed by atoms with Gasteiger partial charge in [-0.05, 0) is 10.8 Å². The molecule has 8 nitrogen and oxygen atoms in total. The summed E-state index contributed by atoms with van der Waals surface area (Å²) in [5.41, 5.74) is -5.17. The Morgan fingerprint density at radius 1 is 0.577 bits per heavy atom. The molecule has 2 saturated carbocycles. The Labute approximate surface area is 152 Å². The molecule has 0 amide bonds. The second kappa shape index (κ2) is 5.69. The Morgan fingerprint density at radius 2 is 0.846 bits per heavy atom. The minimum atomic E-state index is -1.60. The maximum absolute atomic E-state index is 13.0. The summed E-state index contributed by atoms with van der Waals surface area (Å²) in [5, 5.41) is 0. The van der Waals surface area contributed by atoms with Crippen molar-refractivity contribution in [3.63, 3.8) is 0 Å². The quantitative estimate of drug-likeness (QED) is 0.521. The van der Waals surface area contributed by atoms with E-state index in [2.05, 4.69) is 0 Å². The van der Waals surface area contributed by atoms with Gasteiger partial charge >= 0.3 is 23.9 Å². The number of methoxy groups -OCH3 is 4. The van der Waals surface area contributed by atoms with Crippen LogP contribution < -0.4 is 0 Å². The second-order valence-electron chi connectivity index (χ2n) is 7.95. The van der Waals surface area contributed by atoms with Crippen molar-refractivity contribution in [1.82, 2.24) is 0 Å². The fourth-order valence-electron chi connectivity index (χ4n) is 5.58. The van der Waals surface area contributed by atoms with Crippen LogP contribution in [-0.2, 0) is 38.1 Å². The number of carbonyl (C=O) groups excluding carboxylic acids is 4. The molecular weight excluding hydrogens is 344 g/mol. The van der Waals surface area contributed by atoms with Gasteiger partial charge < -0.3 is 18.9 Å². The Morgan fingerprint density at radius 3 is 1.04 bits per heavy atom. The van der Waals surface area contributed by atoms with Gasteiger partial charge in [0.25, 0.3) is 0 Å². The highest BCUT2D eigenvalue weighted by Crippen LogP contribution is 2.90. The first-order chi connectivity index (χ1) is 11.9. The van der Waals surface area contributed by atoms with Gasteiger partial charge in [-0.1, -0.05) is 27.7 Å². The van der Waals surface area contributed by atoms with Crippen LogP contribution in [0.2, 0.25) is 0 Å². The van der Waals surface area contributed by atoms with Crippen LogP contribution in [0.25, 0.3) is 0 Å². The molecule has 2 aliphatic rings. The van der Waals surface area contributed by atoms with E-state index in [-0.39, 0.29) is 0 Å². The van der Waals surface area contributed by atoms with E-state index in [1.807, 2.05) is 0 Å². The summed E-state index contributed by atoms with van der Waals surface area (Å²) in [7, 11) is 4.78. The van der Waals surface area contributed by atoms with Gasteiger partial charge in [-0.2, -0.15) is 0 Å². The van der Waals surface area contributed by atoms with E-state index in [4.69, 9.17) is 18.9 Å². The number of ether oxygens (including phenoxy) is 4. The van der Waals surface area contributed by atoms with Gasteiger partial charge in [0.1, 0.15) is 10.8 Å². The molecule has 2 fully saturated rings. The average molecular weight is 370 g/mol. The first kappa shape index (κ1) is 20.2. The topological polar surface area (TPSA) is 105 Å². The van der Waals surface area contributed by atoms with Gasteiger partial charge in [0.05, 0.1) is 40.3 Å². The van der Waals surface area contributed by atoms with Crippen LogP contribution in [0.5, 0.6) is 0 Å². The summed E-state index contributed by atoms with van der Waals surface area (Å²) in [6.45, 7) is 6.72. The van der Waals surface area contributed by atoms with E-state index >= 15 is 0 Å². The van der Waals surface area contributed by atoms with Crippen molar-refractivity contribution in [2.24, 2.45) is 33.5 Å². The Kier molecular flexibility index (Phi) is 4.42. The van der Waals surface area contributed by atoms with Gasteiger partial charge in [-0.15, -0.1) is 0 Å². The molecule has 26 heavy (non-hydrogen) atoms. The van der Waals surface area contributed by atoms with Crippen molar-refractivity contribution in [2.45, 2.75) is 27.7 Å². The predicted octanol–water partition coefficient (Wildman–Crippen LogP) is 0.963. The fraction of sp³-hybridized carbons (Fsp3) is 0.778. The normalized spacial score (nSPS) is 35.7. The molecule has 0 aromatic heterocycles. The third-order valence-corrected chi connectivity index (χ3v) is 6.69. The highest BCUT2D eigenvalue weighted by Gasteiger charge is 3.00. The van der Waals surface area contributed by atoms with Gasteiger partial charge in [0, 0.05) is 0 Å². The molecule has 4 atom stereocenters. The van der Waals surface area contributed by atoms with Crippen LogP contribution in [-0.4, -0.2) is 52.3 Å². The maximum Gasteiger partial charge on any atom is 0.314 e. The third-order valence-electron chi connectivity index (χ3n) is 6.69. The number of rotatable bonds is 5. The van der Waals surface area contributed by atoms with E-state index in [0.29, 0.717) is 0 Å². The molecule has 0 spiro atoms. The van der Waals surface area contributed by atoms with E-state index in [1.165, 1.54) is 28.4 Å². The molecule has 0 aromatic carbocycles. The summed E-state index contributed by atoms with van der Waals surface area (Å²) in [4.78, 5) is 50.9. The van der Waals surface area contributed by atoms with Crippen LogP contribution in [0, 0.1) is 33.5 Å². The van der Waals surface area contributed by atoms with Crippen LogP contribution in [0.15, 0.2) is 0 Å². The standard InChI is InChI=1S/C18H26O8/c1-15(2)9(11(19)23-5)17(15,13(21)25-7)18(14(22)26-8)10(12(20)24-6)16(18,3)4/h9-10H,1-8H3/t9-,10-,17-,18-/m1/s1. The predicted molar refractivity (Wildman–Crippen MR) is 87.5 cm³/mol. The first-order valence-corrected chi connectivity index (χ1v) is 8.25. The van der Waals surface area contributed by atoms with Gasteiger partial charge in [-0.3, -0.25) is 19.2 Å². The Hall–Kier alpha value is -2.12. The van der Waals surface area contributed by atoms with Gasteiger partial charge in [0.15, 0.2) is 0 Å². The Balaban J connectivity index is 2.82. The maximum atomic E-state index is 13.0. The summed E-state index contributed by atoms with van der Waals surface area (Å²) in [6, 6.07) is 0. The lowest BCUT2D eigenvalue weighted by molar-refractivity contribution is -0.170. The minimum Gasteiger partial charge on any atom is -0.469 e. The van der Waals surface area contributed by atoms with Crippen LogP contribution in [0.1, 0.15) is 27.7 Å². The zero-order valence-corrected chi connectivity index (χ0v) is 16.4. The van der Waals surface area contributed by atoms with Crippen LogP contribution in [0.3, 0.4) is 0 Å².